The number of benzene rings is 1. The van der Waals surface area contributed by atoms with Gasteiger partial charge in [0.25, 0.3) is 0 Å². The van der Waals surface area contributed by atoms with E-state index in [2.05, 4.69) is 27.5 Å². The van der Waals surface area contributed by atoms with Crippen LogP contribution in [0.3, 0.4) is 0 Å². The molecule has 156 valence electrons. The summed E-state index contributed by atoms with van der Waals surface area (Å²) < 4.78 is 5.74. The van der Waals surface area contributed by atoms with Crippen LogP contribution in [0.25, 0.3) is 0 Å². The lowest BCUT2D eigenvalue weighted by molar-refractivity contribution is -0.123. The fraction of sp³-hybridized carbons (Fsp3) is 0.292. The van der Waals surface area contributed by atoms with E-state index in [1.165, 1.54) is 0 Å². The van der Waals surface area contributed by atoms with E-state index in [1.54, 1.807) is 24.8 Å². The van der Waals surface area contributed by atoms with Gasteiger partial charge in [0.05, 0.1) is 6.61 Å². The summed E-state index contributed by atoms with van der Waals surface area (Å²) >= 11 is 0. The summed E-state index contributed by atoms with van der Waals surface area (Å²) in [5, 5.41) is 6.37. The van der Waals surface area contributed by atoms with Crippen LogP contribution in [0.1, 0.15) is 42.5 Å². The highest BCUT2D eigenvalue weighted by molar-refractivity contribution is 5.83. The first-order valence-electron chi connectivity index (χ1n) is 10.3. The molecule has 0 radical (unpaired) electrons. The van der Waals surface area contributed by atoms with Crippen LogP contribution >= 0.6 is 0 Å². The first-order chi connectivity index (χ1) is 14.8. The Morgan fingerprint density at radius 1 is 0.967 bits per heavy atom. The molecule has 2 N–H and O–H groups in total. The van der Waals surface area contributed by atoms with Crippen molar-refractivity contribution in [1.82, 2.24) is 20.6 Å². The van der Waals surface area contributed by atoms with Gasteiger partial charge >= 0.3 is 0 Å². The third kappa shape index (κ3) is 6.67. The molecule has 3 aromatic rings. The smallest absolute Gasteiger partial charge is 0.242 e. The van der Waals surface area contributed by atoms with E-state index in [4.69, 9.17) is 4.74 Å². The number of rotatable bonds is 11. The normalized spacial score (nSPS) is 11.6. The molecule has 2 aromatic heterocycles. The van der Waals surface area contributed by atoms with E-state index in [9.17, 15) is 4.79 Å². The Kier molecular flexibility index (Phi) is 8.35. The van der Waals surface area contributed by atoms with Gasteiger partial charge in [0.2, 0.25) is 5.91 Å². The molecule has 0 saturated carbocycles. The molecule has 0 saturated heterocycles. The van der Waals surface area contributed by atoms with E-state index in [-0.39, 0.29) is 5.91 Å². The maximum Gasteiger partial charge on any atom is 0.242 e. The van der Waals surface area contributed by atoms with E-state index in [1.807, 2.05) is 48.5 Å². The number of ether oxygens (including phenoxy) is 1. The Labute approximate surface area is 177 Å². The highest BCUT2D eigenvalue weighted by atomic mass is 16.5. The lowest BCUT2D eigenvalue weighted by atomic mass is 10.1. The molecule has 3 rings (SSSR count). The zero-order valence-corrected chi connectivity index (χ0v) is 17.3. The Morgan fingerprint density at radius 2 is 1.77 bits per heavy atom. The monoisotopic (exact) mass is 404 g/mol. The van der Waals surface area contributed by atoms with Crippen LogP contribution in [0.15, 0.2) is 73.3 Å². The molecule has 2 heterocycles. The molecular formula is C24H28N4O2. The minimum Gasteiger partial charge on any atom is -0.494 e. The largest absolute Gasteiger partial charge is 0.494 e. The molecule has 0 spiro atoms. The fourth-order valence-electron chi connectivity index (χ4n) is 2.97. The highest BCUT2D eigenvalue weighted by Gasteiger charge is 2.20. The lowest BCUT2D eigenvalue weighted by Crippen LogP contribution is -2.37. The van der Waals surface area contributed by atoms with Crippen molar-refractivity contribution in [2.45, 2.75) is 38.9 Å². The topological polar surface area (TPSA) is 76.1 Å². The second-order valence-corrected chi connectivity index (χ2v) is 7.02. The molecule has 0 bridgehead atoms. The molecule has 1 aromatic carbocycles. The van der Waals surface area contributed by atoms with E-state index < -0.39 is 6.04 Å². The molecule has 1 amide bonds. The number of aromatic nitrogens is 2. The summed E-state index contributed by atoms with van der Waals surface area (Å²) in [5.74, 6) is 0.725. The van der Waals surface area contributed by atoms with E-state index in [0.29, 0.717) is 19.7 Å². The standard InChI is InChI=1S/C24H28N4O2/c1-2-3-15-30-22-8-6-21(7-9-22)23(27-17-19-10-13-25-14-11-19)24(29)28-18-20-5-4-12-26-16-20/h4-14,16,23,27H,2-3,15,17-18H2,1H3,(H,28,29). The average Bonchev–Trinajstić information content (AvgIpc) is 2.80. The molecule has 1 atom stereocenters. The number of hydrogen-bond donors (Lipinski definition) is 2. The van der Waals surface area contributed by atoms with Gasteiger partial charge in [0.15, 0.2) is 0 Å². The number of nitrogens with one attached hydrogen (secondary N) is 2. The number of hydrogen-bond acceptors (Lipinski definition) is 5. The number of unbranched alkanes of at least 4 members (excludes halogenated alkanes) is 1. The third-order valence-electron chi connectivity index (χ3n) is 4.69. The van der Waals surface area contributed by atoms with Gasteiger partial charge in [-0.25, -0.2) is 0 Å². The zero-order valence-electron chi connectivity index (χ0n) is 17.3. The molecule has 0 aliphatic heterocycles. The molecule has 6 heteroatoms. The van der Waals surface area contributed by atoms with Crippen LogP contribution in [-0.4, -0.2) is 22.5 Å². The minimum atomic E-state index is -0.487. The predicted octanol–water partition coefficient (Wildman–Crippen LogP) is 3.80. The molecule has 0 fully saturated rings. The van der Waals surface area contributed by atoms with Crippen LogP contribution in [-0.2, 0) is 17.9 Å². The van der Waals surface area contributed by atoms with Crippen molar-refractivity contribution in [3.63, 3.8) is 0 Å². The summed E-state index contributed by atoms with van der Waals surface area (Å²) in [7, 11) is 0. The van der Waals surface area contributed by atoms with Crippen molar-refractivity contribution in [3.05, 3.63) is 90.0 Å². The van der Waals surface area contributed by atoms with Gasteiger partial charge < -0.3 is 10.1 Å². The quantitative estimate of drug-likeness (QED) is 0.476. The fourth-order valence-corrected chi connectivity index (χ4v) is 2.97. The van der Waals surface area contributed by atoms with Crippen LogP contribution in [0.4, 0.5) is 0 Å². The van der Waals surface area contributed by atoms with Crippen LogP contribution in [0, 0.1) is 0 Å². The van der Waals surface area contributed by atoms with Gasteiger partial charge in [0, 0.05) is 37.9 Å². The van der Waals surface area contributed by atoms with Crippen molar-refractivity contribution >= 4 is 5.91 Å². The molecule has 30 heavy (non-hydrogen) atoms. The van der Waals surface area contributed by atoms with Crippen LogP contribution in [0.5, 0.6) is 5.75 Å². The second-order valence-electron chi connectivity index (χ2n) is 7.02. The van der Waals surface area contributed by atoms with Crippen molar-refractivity contribution in [2.24, 2.45) is 0 Å². The van der Waals surface area contributed by atoms with Crippen molar-refractivity contribution in [2.75, 3.05) is 6.61 Å². The Balaban J connectivity index is 1.68. The van der Waals surface area contributed by atoms with Crippen LogP contribution in [0.2, 0.25) is 0 Å². The van der Waals surface area contributed by atoms with Crippen molar-refractivity contribution in [3.8, 4) is 5.75 Å². The van der Waals surface area contributed by atoms with Gasteiger partial charge in [0.1, 0.15) is 11.8 Å². The molecule has 6 nitrogen and oxygen atoms in total. The number of nitrogens with zero attached hydrogens (tertiary/aromatic N) is 2. The Morgan fingerprint density at radius 3 is 2.47 bits per heavy atom. The van der Waals surface area contributed by atoms with Crippen molar-refractivity contribution < 1.29 is 9.53 Å². The van der Waals surface area contributed by atoms with Gasteiger partial charge in [-0.05, 0) is 53.4 Å². The maximum atomic E-state index is 13.0. The SMILES string of the molecule is CCCCOc1ccc(C(NCc2ccncc2)C(=O)NCc2cccnc2)cc1. The van der Waals surface area contributed by atoms with Gasteiger partial charge in [-0.2, -0.15) is 0 Å². The number of carbonyl (C=O) groups excluding carboxylic acids is 1. The molecular weight excluding hydrogens is 376 g/mol. The molecule has 1 unspecified atom stereocenters. The minimum absolute atomic E-state index is 0.0902. The number of pyridine rings is 2. The predicted molar refractivity (Wildman–Crippen MR) is 117 cm³/mol. The number of amides is 1. The first-order valence-corrected chi connectivity index (χ1v) is 10.3. The summed E-state index contributed by atoms with van der Waals surface area (Å²) in [4.78, 5) is 21.1. The molecule has 0 aliphatic rings. The number of carbonyl (C=O) groups is 1. The highest BCUT2D eigenvalue weighted by Crippen LogP contribution is 2.19. The van der Waals surface area contributed by atoms with Crippen molar-refractivity contribution in [1.29, 1.82) is 0 Å². The van der Waals surface area contributed by atoms with Gasteiger partial charge in [-0.1, -0.05) is 31.5 Å². The Hall–Kier alpha value is -3.25. The van der Waals surface area contributed by atoms with Gasteiger partial charge in [-0.3, -0.25) is 20.1 Å². The Bertz CT molecular complexity index is 886. The maximum absolute atomic E-state index is 13.0. The summed E-state index contributed by atoms with van der Waals surface area (Å²) in [6, 6.07) is 14.9. The average molecular weight is 405 g/mol. The molecule has 0 aliphatic carbocycles. The third-order valence-corrected chi connectivity index (χ3v) is 4.69. The van der Waals surface area contributed by atoms with Gasteiger partial charge in [-0.15, -0.1) is 0 Å². The van der Waals surface area contributed by atoms with Crippen LogP contribution < -0.4 is 15.4 Å². The second kappa shape index (κ2) is 11.7. The summed E-state index contributed by atoms with van der Waals surface area (Å²) in [6.07, 6.45) is 9.08. The van der Waals surface area contributed by atoms with E-state index >= 15 is 0 Å². The van der Waals surface area contributed by atoms with E-state index in [0.717, 1.165) is 35.3 Å². The zero-order chi connectivity index (χ0) is 21.0. The lowest BCUT2D eigenvalue weighted by Gasteiger charge is -2.19. The summed E-state index contributed by atoms with van der Waals surface area (Å²) in [5.41, 5.74) is 2.91. The first kappa shape index (κ1) is 21.5. The summed E-state index contributed by atoms with van der Waals surface area (Å²) in [6.45, 7) is 3.82.